The van der Waals surface area contributed by atoms with Gasteiger partial charge in [-0.05, 0) is 13.3 Å². The number of aliphatic hydroxyl groups is 1. The molecule has 0 aliphatic rings. The molecule has 0 aromatic rings. The van der Waals surface area contributed by atoms with E-state index in [0.29, 0.717) is 46.1 Å². The summed E-state index contributed by atoms with van der Waals surface area (Å²) in [5.41, 5.74) is 0. The lowest BCUT2D eigenvalue weighted by molar-refractivity contribution is -0.0535. The Hall–Kier alpha value is -0.200. The molecule has 0 saturated carbocycles. The minimum Gasteiger partial charge on any atom is -0.390 e. The molecular formula is C12H26O5. The highest BCUT2D eigenvalue weighted by atomic mass is 16.6. The van der Waals surface area contributed by atoms with Crippen molar-refractivity contribution in [2.45, 2.75) is 32.5 Å². The van der Waals surface area contributed by atoms with E-state index >= 15 is 0 Å². The maximum Gasteiger partial charge on any atom is 0.0806 e. The van der Waals surface area contributed by atoms with E-state index in [0.717, 1.165) is 0 Å². The van der Waals surface area contributed by atoms with Gasteiger partial charge < -0.3 is 24.1 Å². The van der Waals surface area contributed by atoms with E-state index in [-0.39, 0.29) is 6.10 Å². The van der Waals surface area contributed by atoms with E-state index in [9.17, 15) is 5.11 Å². The van der Waals surface area contributed by atoms with Crippen LogP contribution in [-0.2, 0) is 18.9 Å². The van der Waals surface area contributed by atoms with Crippen molar-refractivity contribution in [2.24, 2.45) is 0 Å². The molecule has 0 aromatic carbocycles. The molecule has 0 rings (SSSR count). The molecule has 0 radical (unpaired) electrons. The van der Waals surface area contributed by atoms with Crippen molar-refractivity contribution in [1.82, 2.24) is 0 Å². The average Bonchev–Trinajstić information content (AvgIpc) is 2.35. The minimum absolute atomic E-state index is 0.137. The molecule has 0 heterocycles. The van der Waals surface area contributed by atoms with Gasteiger partial charge >= 0.3 is 0 Å². The summed E-state index contributed by atoms with van der Waals surface area (Å²) < 4.78 is 20.8. The molecule has 17 heavy (non-hydrogen) atoms. The summed E-state index contributed by atoms with van der Waals surface area (Å²) in [6.45, 7) is 7.13. The maximum atomic E-state index is 9.45. The Kier molecular flexibility index (Phi) is 12.1. The van der Waals surface area contributed by atoms with E-state index in [1.807, 2.05) is 13.8 Å². The zero-order chi connectivity index (χ0) is 12.9. The summed E-state index contributed by atoms with van der Waals surface area (Å²) in [6, 6.07) is 0. The number of ether oxygens (including phenoxy) is 4. The molecule has 5 nitrogen and oxygen atoms in total. The lowest BCUT2D eigenvalue weighted by Gasteiger charge is -2.17. The number of aliphatic hydroxyl groups excluding tert-OH is 1. The topological polar surface area (TPSA) is 57.2 Å². The Morgan fingerprint density at radius 2 is 1.47 bits per heavy atom. The Morgan fingerprint density at radius 1 is 0.941 bits per heavy atom. The van der Waals surface area contributed by atoms with Crippen molar-refractivity contribution in [2.75, 3.05) is 46.8 Å². The number of methoxy groups -OCH3 is 1. The molecule has 2 unspecified atom stereocenters. The van der Waals surface area contributed by atoms with Crippen LogP contribution in [0.4, 0.5) is 0 Å². The van der Waals surface area contributed by atoms with Crippen LogP contribution in [0.2, 0.25) is 0 Å². The third kappa shape index (κ3) is 10.7. The van der Waals surface area contributed by atoms with Crippen molar-refractivity contribution in [3.63, 3.8) is 0 Å². The Morgan fingerprint density at radius 3 is 2.00 bits per heavy atom. The SMILES string of the molecule is CCC(O)C(C)OCCOCCOCCOC. The fourth-order valence-electron chi connectivity index (χ4n) is 1.20. The van der Waals surface area contributed by atoms with Gasteiger partial charge in [0.25, 0.3) is 0 Å². The van der Waals surface area contributed by atoms with Crippen LogP contribution in [-0.4, -0.2) is 64.1 Å². The second kappa shape index (κ2) is 12.3. The first-order valence-corrected chi connectivity index (χ1v) is 6.16. The highest BCUT2D eigenvalue weighted by Gasteiger charge is 2.11. The summed E-state index contributed by atoms with van der Waals surface area (Å²) in [5.74, 6) is 0. The van der Waals surface area contributed by atoms with Gasteiger partial charge in [-0.25, -0.2) is 0 Å². The van der Waals surface area contributed by atoms with Crippen LogP contribution in [0.25, 0.3) is 0 Å². The van der Waals surface area contributed by atoms with Crippen molar-refractivity contribution < 1.29 is 24.1 Å². The zero-order valence-corrected chi connectivity index (χ0v) is 11.2. The van der Waals surface area contributed by atoms with Gasteiger partial charge in [0.1, 0.15) is 0 Å². The lowest BCUT2D eigenvalue weighted by atomic mass is 10.2. The first kappa shape index (κ1) is 16.8. The van der Waals surface area contributed by atoms with Gasteiger partial charge in [-0.2, -0.15) is 0 Å². The fraction of sp³-hybridized carbons (Fsp3) is 1.00. The highest BCUT2D eigenvalue weighted by Crippen LogP contribution is 2.01. The number of rotatable bonds is 12. The quantitative estimate of drug-likeness (QED) is 0.520. The van der Waals surface area contributed by atoms with Crippen LogP contribution in [0.1, 0.15) is 20.3 Å². The second-order valence-electron chi connectivity index (χ2n) is 3.77. The van der Waals surface area contributed by atoms with Crippen molar-refractivity contribution >= 4 is 0 Å². The van der Waals surface area contributed by atoms with Crippen LogP contribution in [0.3, 0.4) is 0 Å². The first-order chi connectivity index (χ1) is 8.22. The van der Waals surface area contributed by atoms with Crippen molar-refractivity contribution in [3.05, 3.63) is 0 Å². The average molecular weight is 250 g/mol. The van der Waals surface area contributed by atoms with Crippen LogP contribution in [0.5, 0.6) is 0 Å². The van der Waals surface area contributed by atoms with Crippen LogP contribution in [0, 0.1) is 0 Å². The van der Waals surface area contributed by atoms with Gasteiger partial charge in [0.15, 0.2) is 0 Å². The van der Waals surface area contributed by atoms with Gasteiger partial charge in [-0.1, -0.05) is 6.92 Å². The maximum absolute atomic E-state index is 9.45. The van der Waals surface area contributed by atoms with E-state index in [1.165, 1.54) is 0 Å². The Labute approximate surface area is 104 Å². The monoisotopic (exact) mass is 250 g/mol. The smallest absolute Gasteiger partial charge is 0.0806 e. The van der Waals surface area contributed by atoms with Gasteiger partial charge in [0, 0.05) is 7.11 Å². The van der Waals surface area contributed by atoms with Gasteiger partial charge in [0.2, 0.25) is 0 Å². The summed E-state index contributed by atoms with van der Waals surface area (Å²) >= 11 is 0. The predicted molar refractivity (Wildman–Crippen MR) is 65.2 cm³/mol. The normalized spacial score (nSPS) is 14.8. The molecule has 104 valence electrons. The van der Waals surface area contributed by atoms with E-state index < -0.39 is 6.10 Å². The summed E-state index contributed by atoms with van der Waals surface area (Å²) in [6.07, 6.45) is 0.170. The van der Waals surface area contributed by atoms with E-state index in [2.05, 4.69) is 0 Å². The largest absolute Gasteiger partial charge is 0.390 e. The molecule has 0 saturated heterocycles. The molecule has 0 amide bonds. The van der Waals surface area contributed by atoms with Gasteiger partial charge in [0.05, 0.1) is 51.8 Å². The molecular weight excluding hydrogens is 224 g/mol. The van der Waals surface area contributed by atoms with E-state index in [4.69, 9.17) is 18.9 Å². The van der Waals surface area contributed by atoms with Crippen molar-refractivity contribution in [1.29, 1.82) is 0 Å². The summed E-state index contributed by atoms with van der Waals surface area (Å²) in [4.78, 5) is 0. The molecule has 5 heteroatoms. The number of hydrogen-bond acceptors (Lipinski definition) is 5. The zero-order valence-electron chi connectivity index (χ0n) is 11.2. The number of hydrogen-bond donors (Lipinski definition) is 1. The standard InChI is InChI=1S/C12H26O5/c1-4-12(13)11(2)17-10-9-16-8-7-15-6-5-14-3/h11-13H,4-10H2,1-3H3. The summed E-state index contributed by atoms with van der Waals surface area (Å²) in [7, 11) is 1.64. The predicted octanol–water partition coefficient (Wildman–Crippen LogP) is 0.842. The lowest BCUT2D eigenvalue weighted by Crippen LogP contribution is -2.26. The van der Waals surface area contributed by atoms with Gasteiger partial charge in [-0.3, -0.25) is 0 Å². The van der Waals surface area contributed by atoms with Crippen LogP contribution >= 0.6 is 0 Å². The molecule has 0 aromatic heterocycles. The molecule has 0 bridgehead atoms. The molecule has 0 spiro atoms. The molecule has 0 aliphatic heterocycles. The first-order valence-electron chi connectivity index (χ1n) is 6.16. The minimum atomic E-state index is -0.396. The third-order valence-corrected chi connectivity index (χ3v) is 2.37. The Balaban J connectivity index is 3.13. The van der Waals surface area contributed by atoms with Crippen LogP contribution < -0.4 is 0 Å². The summed E-state index contributed by atoms with van der Waals surface area (Å²) in [5, 5.41) is 9.45. The van der Waals surface area contributed by atoms with Crippen molar-refractivity contribution in [3.8, 4) is 0 Å². The van der Waals surface area contributed by atoms with Crippen LogP contribution in [0.15, 0.2) is 0 Å². The molecule has 1 N–H and O–H groups in total. The van der Waals surface area contributed by atoms with Gasteiger partial charge in [-0.15, -0.1) is 0 Å². The second-order valence-corrected chi connectivity index (χ2v) is 3.77. The molecule has 0 aliphatic carbocycles. The van der Waals surface area contributed by atoms with E-state index in [1.54, 1.807) is 7.11 Å². The molecule has 0 fully saturated rings. The molecule has 2 atom stereocenters. The third-order valence-electron chi connectivity index (χ3n) is 2.37. The Bertz CT molecular complexity index is 154. The highest BCUT2D eigenvalue weighted by molar-refractivity contribution is 4.60. The fourth-order valence-corrected chi connectivity index (χ4v) is 1.20.